The van der Waals surface area contributed by atoms with E-state index in [1.165, 1.54) is 18.2 Å². The third-order valence-electron chi connectivity index (χ3n) is 4.15. The second-order valence-corrected chi connectivity index (χ2v) is 5.81. The van der Waals surface area contributed by atoms with Gasteiger partial charge in [0, 0.05) is 5.56 Å². The molecule has 0 bridgehead atoms. The minimum Gasteiger partial charge on any atom is -0.462 e. The molecule has 0 atom stereocenters. The van der Waals surface area contributed by atoms with E-state index < -0.39 is 17.8 Å². The van der Waals surface area contributed by atoms with Crippen LogP contribution in [-0.4, -0.2) is 25.2 Å². The highest BCUT2D eigenvalue weighted by atomic mass is 19.1. The molecule has 0 amide bonds. The molecule has 0 aromatic heterocycles. The Morgan fingerprint density at radius 1 is 0.815 bits per heavy atom. The van der Waals surface area contributed by atoms with Crippen LogP contribution < -0.4 is 0 Å². The monoisotopic (exact) mass is 366 g/mol. The fourth-order valence-electron chi connectivity index (χ4n) is 3.14. The Kier molecular flexibility index (Phi) is 5.50. The molecule has 0 fully saturated rings. The van der Waals surface area contributed by atoms with Crippen LogP contribution in [0.4, 0.5) is 4.39 Å². The highest BCUT2D eigenvalue weighted by Crippen LogP contribution is 2.43. The Hall–Kier alpha value is -3.21. The smallest absolute Gasteiger partial charge is 0.339 e. The zero-order valence-electron chi connectivity index (χ0n) is 15.1. The maximum absolute atomic E-state index is 13.9. The largest absolute Gasteiger partial charge is 0.462 e. The molecule has 138 valence electrons. The summed E-state index contributed by atoms with van der Waals surface area (Å²) in [6.07, 6.45) is 0. The van der Waals surface area contributed by atoms with Gasteiger partial charge in [0.2, 0.25) is 0 Å². The van der Waals surface area contributed by atoms with Crippen molar-refractivity contribution in [1.82, 2.24) is 0 Å². The van der Waals surface area contributed by atoms with E-state index in [0.717, 1.165) is 0 Å². The normalized spacial score (nSPS) is 10.6. The lowest BCUT2D eigenvalue weighted by Gasteiger charge is -2.09. The van der Waals surface area contributed by atoms with Crippen molar-refractivity contribution in [3.8, 4) is 22.3 Å². The van der Waals surface area contributed by atoms with Crippen LogP contribution in [0.5, 0.6) is 0 Å². The average molecular weight is 366 g/mol. The summed E-state index contributed by atoms with van der Waals surface area (Å²) in [7, 11) is 0. The molecule has 4 nitrogen and oxygen atoms in total. The number of esters is 2. The van der Waals surface area contributed by atoms with E-state index >= 15 is 0 Å². The van der Waals surface area contributed by atoms with Gasteiger partial charge in [-0.1, -0.05) is 42.5 Å². The molecule has 27 heavy (non-hydrogen) atoms. The van der Waals surface area contributed by atoms with Gasteiger partial charge in [0.1, 0.15) is 5.82 Å². The number of carbonyl (C=O) groups is 2. The summed E-state index contributed by atoms with van der Waals surface area (Å²) < 4.78 is 24.4. The van der Waals surface area contributed by atoms with Gasteiger partial charge in [-0.25, -0.2) is 14.0 Å². The number of carbonyl (C=O) groups excluding carboxylic acids is 2. The van der Waals surface area contributed by atoms with Gasteiger partial charge in [0.15, 0.2) is 0 Å². The van der Waals surface area contributed by atoms with Gasteiger partial charge in [0.05, 0.1) is 24.3 Å². The fraction of sp³-hybridized carbons (Fsp3) is 0.182. The summed E-state index contributed by atoms with van der Waals surface area (Å²) in [5, 5.41) is 0. The van der Waals surface area contributed by atoms with Crippen molar-refractivity contribution in [2.45, 2.75) is 13.8 Å². The molecule has 1 aromatic rings. The molecule has 0 N–H and O–H groups in total. The van der Waals surface area contributed by atoms with Gasteiger partial charge in [-0.15, -0.1) is 0 Å². The van der Waals surface area contributed by atoms with Crippen molar-refractivity contribution < 1.29 is 23.5 Å². The Balaban J connectivity index is 2.42. The van der Waals surface area contributed by atoms with E-state index in [2.05, 4.69) is 0 Å². The van der Waals surface area contributed by atoms with Gasteiger partial charge in [-0.2, -0.15) is 0 Å². The molecule has 0 heterocycles. The van der Waals surface area contributed by atoms with Crippen molar-refractivity contribution in [3.63, 3.8) is 0 Å². The first-order valence-corrected chi connectivity index (χ1v) is 8.73. The molecule has 2 aliphatic carbocycles. The van der Waals surface area contributed by atoms with Crippen LogP contribution in [0, 0.1) is 5.82 Å². The molecule has 0 saturated heterocycles. The highest BCUT2D eigenvalue weighted by molar-refractivity contribution is 6.16. The standard InChI is InChI=1S/C22H19FO4/c1-3-26-21(24)19-16-11-6-5-7-12-17(16)20(22(25)27-4-2)18(19)14-9-8-10-15(23)13-14/h5-13H,3-4H2,1-2H3. The molecule has 0 spiro atoms. The Bertz CT molecular complexity index is 912. The number of benzene rings is 1. The predicted octanol–water partition coefficient (Wildman–Crippen LogP) is 4.95. The first-order valence-electron chi connectivity index (χ1n) is 8.73. The quantitative estimate of drug-likeness (QED) is 0.600. The molecule has 0 unspecified atom stereocenters. The summed E-state index contributed by atoms with van der Waals surface area (Å²) >= 11 is 0. The number of fused-ring (bicyclic) bond motifs is 1. The van der Waals surface area contributed by atoms with E-state index in [-0.39, 0.29) is 24.3 Å². The molecule has 5 heteroatoms. The second-order valence-electron chi connectivity index (χ2n) is 5.81. The minimum atomic E-state index is -0.566. The molecular weight excluding hydrogens is 347 g/mol. The van der Waals surface area contributed by atoms with Crippen LogP contribution in [-0.2, 0) is 9.47 Å². The lowest BCUT2D eigenvalue weighted by atomic mass is 10.00. The summed E-state index contributed by atoms with van der Waals surface area (Å²) in [6.45, 7) is 3.78. The van der Waals surface area contributed by atoms with Crippen molar-refractivity contribution in [1.29, 1.82) is 0 Å². The Morgan fingerprint density at radius 2 is 1.37 bits per heavy atom. The first-order chi connectivity index (χ1) is 13.1. The summed E-state index contributed by atoms with van der Waals surface area (Å²) in [5.41, 5.74) is 2.32. The van der Waals surface area contributed by atoms with Crippen molar-refractivity contribution in [3.05, 3.63) is 71.5 Å². The van der Waals surface area contributed by atoms with Crippen molar-refractivity contribution in [2.24, 2.45) is 0 Å². The van der Waals surface area contributed by atoms with E-state index in [1.807, 2.05) is 0 Å². The Labute approximate surface area is 156 Å². The second kappa shape index (κ2) is 7.99. The van der Waals surface area contributed by atoms with Crippen LogP contribution in [0.25, 0.3) is 22.3 Å². The van der Waals surface area contributed by atoms with Gasteiger partial charge in [-0.3, -0.25) is 0 Å². The summed E-state index contributed by atoms with van der Waals surface area (Å²) in [6, 6.07) is 14.6. The molecule has 1 aromatic carbocycles. The zero-order chi connectivity index (χ0) is 19.4. The van der Waals surface area contributed by atoms with E-state index in [0.29, 0.717) is 22.3 Å². The average Bonchev–Trinajstić information content (AvgIpc) is 2.78. The predicted molar refractivity (Wildman–Crippen MR) is 100 cm³/mol. The van der Waals surface area contributed by atoms with Crippen molar-refractivity contribution >= 4 is 11.9 Å². The maximum Gasteiger partial charge on any atom is 0.339 e. The number of rotatable bonds is 5. The van der Waals surface area contributed by atoms with Crippen LogP contribution in [0.3, 0.4) is 0 Å². The molecule has 2 aliphatic rings. The van der Waals surface area contributed by atoms with Gasteiger partial charge >= 0.3 is 11.9 Å². The van der Waals surface area contributed by atoms with E-state index in [9.17, 15) is 14.0 Å². The molecule has 0 saturated carbocycles. The number of halogens is 1. The van der Waals surface area contributed by atoms with E-state index in [4.69, 9.17) is 9.47 Å². The van der Waals surface area contributed by atoms with Crippen LogP contribution in [0.15, 0.2) is 54.6 Å². The minimum absolute atomic E-state index is 0.182. The summed E-state index contributed by atoms with van der Waals surface area (Å²) in [4.78, 5) is 25.5. The van der Waals surface area contributed by atoms with Crippen molar-refractivity contribution in [2.75, 3.05) is 13.2 Å². The highest BCUT2D eigenvalue weighted by Gasteiger charge is 2.32. The maximum atomic E-state index is 13.9. The lowest BCUT2D eigenvalue weighted by Crippen LogP contribution is -2.08. The Morgan fingerprint density at radius 3 is 1.85 bits per heavy atom. The van der Waals surface area contributed by atoms with Crippen LogP contribution >= 0.6 is 0 Å². The van der Waals surface area contributed by atoms with Gasteiger partial charge in [-0.05, 0) is 42.7 Å². The third-order valence-corrected chi connectivity index (χ3v) is 4.15. The number of ether oxygens (including phenoxy) is 2. The van der Waals surface area contributed by atoms with Gasteiger partial charge in [0.25, 0.3) is 0 Å². The summed E-state index contributed by atoms with van der Waals surface area (Å²) in [5.74, 6) is -1.60. The third kappa shape index (κ3) is 3.53. The zero-order valence-corrected chi connectivity index (χ0v) is 15.1. The van der Waals surface area contributed by atoms with Gasteiger partial charge < -0.3 is 9.47 Å². The lowest BCUT2D eigenvalue weighted by molar-refractivity contribution is 0.0525. The van der Waals surface area contributed by atoms with Crippen LogP contribution in [0.1, 0.15) is 34.6 Å². The molecule has 3 rings (SSSR count). The number of hydrogen-bond donors (Lipinski definition) is 0. The SMILES string of the molecule is CCOC(=O)c1c2cccccc-2c(C(=O)OCC)c1-c1cccc(F)c1. The fourth-order valence-corrected chi connectivity index (χ4v) is 3.14. The van der Waals surface area contributed by atoms with E-state index in [1.54, 1.807) is 50.2 Å². The topological polar surface area (TPSA) is 52.6 Å². The van der Waals surface area contributed by atoms with Crippen LogP contribution in [0.2, 0.25) is 0 Å². The number of hydrogen-bond acceptors (Lipinski definition) is 4. The first kappa shape index (κ1) is 18.6. The molecule has 0 aliphatic heterocycles. The molecular formula is C22H19FO4. The molecule has 0 radical (unpaired) electrons.